The van der Waals surface area contributed by atoms with Crippen molar-refractivity contribution in [1.82, 2.24) is 14.5 Å². The summed E-state index contributed by atoms with van der Waals surface area (Å²) in [6.45, 7) is 2.50. The van der Waals surface area contributed by atoms with Crippen LogP contribution in [-0.2, 0) is 11.3 Å². The number of methoxy groups -OCH3 is 1. The normalized spacial score (nSPS) is 18.1. The average molecular weight is 266 g/mol. The van der Waals surface area contributed by atoms with Crippen LogP contribution in [0.25, 0.3) is 0 Å². The van der Waals surface area contributed by atoms with Crippen LogP contribution < -0.4 is 5.32 Å². The molecule has 5 nitrogen and oxygen atoms in total. The fraction of sp³-hybridized carbons (Fsp3) is 0.786. The zero-order valence-corrected chi connectivity index (χ0v) is 12.4. The molecule has 0 saturated heterocycles. The summed E-state index contributed by atoms with van der Waals surface area (Å²) in [5.74, 6) is 0.949. The Bertz CT molecular complexity index is 383. The summed E-state index contributed by atoms with van der Waals surface area (Å²) in [5.41, 5.74) is 0.290. The second kappa shape index (κ2) is 6.39. The molecule has 1 aromatic rings. The van der Waals surface area contributed by atoms with Crippen LogP contribution in [0.4, 0.5) is 5.95 Å². The lowest BCUT2D eigenvalue weighted by Crippen LogP contribution is -2.45. The number of hydrogen-bond donors (Lipinski definition) is 1. The Morgan fingerprint density at radius 1 is 1.42 bits per heavy atom. The predicted octanol–water partition coefficient (Wildman–Crippen LogP) is 1.82. The highest BCUT2D eigenvalue weighted by Gasteiger charge is 2.36. The fourth-order valence-corrected chi connectivity index (χ4v) is 2.97. The average Bonchev–Trinajstić information content (AvgIpc) is 3.01. The van der Waals surface area contributed by atoms with Crippen molar-refractivity contribution >= 4 is 5.95 Å². The molecule has 0 aromatic carbocycles. The molecule has 0 spiro atoms. The van der Waals surface area contributed by atoms with E-state index in [-0.39, 0.29) is 0 Å². The fourth-order valence-electron chi connectivity index (χ4n) is 2.97. The first-order chi connectivity index (χ1) is 9.18. The summed E-state index contributed by atoms with van der Waals surface area (Å²) in [7, 11) is 6.11. The SMILES string of the molecule is COCCNc1nccn1CC1(N(C)C)CCCC1. The molecule has 1 aliphatic carbocycles. The van der Waals surface area contributed by atoms with E-state index in [2.05, 4.69) is 40.1 Å². The van der Waals surface area contributed by atoms with Gasteiger partial charge in [0.05, 0.1) is 6.61 Å². The van der Waals surface area contributed by atoms with Crippen molar-refractivity contribution in [3.63, 3.8) is 0 Å². The zero-order valence-electron chi connectivity index (χ0n) is 12.4. The summed E-state index contributed by atoms with van der Waals surface area (Å²) >= 11 is 0. The molecule has 1 fully saturated rings. The first kappa shape index (κ1) is 14.3. The molecular formula is C14H26N4O. The van der Waals surface area contributed by atoms with Crippen molar-refractivity contribution < 1.29 is 4.74 Å². The topological polar surface area (TPSA) is 42.3 Å². The predicted molar refractivity (Wildman–Crippen MR) is 77.5 cm³/mol. The largest absolute Gasteiger partial charge is 0.383 e. The van der Waals surface area contributed by atoms with E-state index in [0.29, 0.717) is 12.1 Å². The summed E-state index contributed by atoms with van der Waals surface area (Å²) in [5, 5.41) is 3.33. The van der Waals surface area contributed by atoms with Crippen LogP contribution >= 0.6 is 0 Å². The molecule has 0 radical (unpaired) electrons. The van der Waals surface area contributed by atoms with Gasteiger partial charge in [-0.15, -0.1) is 0 Å². The van der Waals surface area contributed by atoms with Crippen LogP contribution in [0.15, 0.2) is 12.4 Å². The quantitative estimate of drug-likeness (QED) is 0.764. The lowest BCUT2D eigenvalue weighted by Gasteiger charge is -2.37. The maximum atomic E-state index is 5.06. The highest BCUT2D eigenvalue weighted by molar-refractivity contribution is 5.26. The lowest BCUT2D eigenvalue weighted by atomic mass is 9.96. The van der Waals surface area contributed by atoms with Crippen molar-refractivity contribution in [1.29, 1.82) is 0 Å². The number of nitrogens with one attached hydrogen (secondary N) is 1. The number of ether oxygens (including phenoxy) is 1. The van der Waals surface area contributed by atoms with Gasteiger partial charge in [-0.1, -0.05) is 12.8 Å². The second-order valence-corrected chi connectivity index (χ2v) is 5.62. The monoisotopic (exact) mass is 266 g/mol. The smallest absolute Gasteiger partial charge is 0.202 e. The first-order valence-corrected chi connectivity index (χ1v) is 7.09. The first-order valence-electron chi connectivity index (χ1n) is 7.09. The van der Waals surface area contributed by atoms with Crippen LogP contribution in [-0.4, -0.2) is 54.3 Å². The van der Waals surface area contributed by atoms with Gasteiger partial charge in [-0.05, 0) is 26.9 Å². The maximum absolute atomic E-state index is 5.06. The Morgan fingerprint density at radius 3 is 2.79 bits per heavy atom. The molecule has 1 aliphatic rings. The van der Waals surface area contributed by atoms with E-state index in [0.717, 1.165) is 19.0 Å². The van der Waals surface area contributed by atoms with Gasteiger partial charge in [-0.3, -0.25) is 0 Å². The molecule has 0 bridgehead atoms. The second-order valence-electron chi connectivity index (χ2n) is 5.62. The Morgan fingerprint density at radius 2 is 2.16 bits per heavy atom. The number of rotatable bonds is 7. The van der Waals surface area contributed by atoms with E-state index >= 15 is 0 Å². The van der Waals surface area contributed by atoms with Gasteiger partial charge >= 0.3 is 0 Å². The number of imidazole rings is 1. The molecule has 19 heavy (non-hydrogen) atoms. The Balaban J connectivity index is 2.03. The van der Waals surface area contributed by atoms with Crippen LogP contribution in [0.2, 0.25) is 0 Å². The molecule has 5 heteroatoms. The van der Waals surface area contributed by atoms with E-state index in [4.69, 9.17) is 4.74 Å². The summed E-state index contributed by atoms with van der Waals surface area (Å²) < 4.78 is 7.30. The molecular weight excluding hydrogens is 240 g/mol. The minimum atomic E-state index is 0.290. The van der Waals surface area contributed by atoms with Crippen molar-refractivity contribution in [3.8, 4) is 0 Å². The third kappa shape index (κ3) is 3.28. The van der Waals surface area contributed by atoms with Gasteiger partial charge in [-0.2, -0.15) is 0 Å². The molecule has 0 atom stereocenters. The van der Waals surface area contributed by atoms with Crippen LogP contribution in [0.5, 0.6) is 0 Å². The Hall–Kier alpha value is -1.07. The van der Waals surface area contributed by atoms with Crippen LogP contribution in [0, 0.1) is 0 Å². The third-order valence-electron chi connectivity index (χ3n) is 4.25. The van der Waals surface area contributed by atoms with E-state index in [1.54, 1.807) is 7.11 Å². The van der Waals surface area contributed by atoms with Gasteiger partial charge < -0.3 is 19.5 Å². The highest BCUT2D eigenvalue weighted by atomic mass is 16.5. The van der Waals surface area contributed by atoms with E-state index in [1.165, 1.54) is 25.7 Å². The van der Waals surface area contributed by atoms with E-state index in [1.807, 2.05) is 6.20 Å². The minimum absolute atomic E-state index is 0.290. The molecule has 108 valence electrons. The molecule has 0 aliphatic heterocycles. The molecule has 2 rings (SSSR count). The zero-order chi connectivity index (χ0) is 13.7. The Labute approximate surface area is 116 Å². The third-order valence-corrected chi connectivity index (χ3v) is 4.25. The van der Waals surface area contributed by atoms with Crippen LogP contribution in [0.1, 0.15) is 25.7 Å². The molecule has 1 N–H and O–H groups in total. The van der Waals surface area contributed by atoms with Gasteiger partial charge in [0.2, 0.25) is 5.95 Å². The number of anilines is 1. The summed E-state index contributed by atoms with van der Waals surface area (Å²) in [6.07, 6.45) is 9.15. The Kier molecular flexibility index (Phi) is 4.82. The molecule has 1 saturated carbocycles. The van der Waals surface area contributed by atoms with Crippen molar-refractivity contribution in [2.45, 2.75) is 37.8 Å². The maximum Gasteiger partial charge on any atom is 0.202 e. The molecule has 1 aromatic heterocycles. The summed E-state index contributed by atoms with van der Waals surface area (Å²) in [6, 6.07) is 0. The number of likely N-dealkylation sites (N-methyl/N-ethyl adjacent to an activating group) is 1. The number of nitrogens with zero attached hydrogens (tertiary/aromatic N) is 3. The van der Waals surface area contributed by atoms with Gasteiger partial charge in [0.1, 0.15) is 0 Å². The van der Waals surface area contributed by atoms with Crippen LogP contribution in [0.3, 0.4) is 0 Å². The van der Waals surface area contributed by atoms with E-state index < -0.39 is 0 Å². The van der Waals surface area contributed by atoms with Gasteiger partial charge in [0.15, 0.2) is 0 Å². The van der Waals surface area contributed by atoms with Crippen molar-refractivity contribution in [3.05, 3.63) is 12.4 Å². The van der Waals surface area contributed by atoms with Crippen molar-refractivity contribution in [2.24, 2.45) is 0 Å². The molecule has 0 amide bonds. The highest BCUT2D eigenvalue weighted by Crippen LogP contribution is 2.35. The molecule has 0 unspecified atom stereocenters. The number of aromatic nitrogens is 2. The van der Waals surface area contributed by atoms with Gasteiger partial charge in [-0.25, -0.2) is 4.98 Å². The van der Waals surface area contributed by atoms with Gasteiger partial charge in [0, 0.05) is 38.1 Å². The van der Waals surface area contributed by atoms with Gasteiger partial charge in [0.25, 0.3) is 0 Å². The minimum Gasteiger partial charge on any atom is -0.383 e. The number of hydrogen-bond acceptors (Lipinski definition) is 4. The van der Waals surface area contributed by atoms with E-state index in [9.17, 15) is 0 Å². The van der Waals surface area contributed by atoms with Crippen molar-refractivity contribution in [2.75, 3.05) is 39.7 Å². The molecule has 1 heterocycles. The standard InChI is InChI=1S/C14H26N4O/c1-17(2)14(6-4-5-7-14)12-18-10-8-15-13(18)16-9-11-19-3/h8,10H,4-7,9,11-12H2,1-3H3,(H,15,16). The summed E-state index contributed by atoms with van der Waals surface area (Å²) in [4.78, 5) is 6.79. The lowest BCUT2D eigenvalue weighted by molar-refractivity contribution is 0.134.